The van der Waals surface area contributed by atoms with Crippen LogP contribution in [0.3, 0.4) is 0 Å². The smallest absolute Gasteiger partial charge is 0.162 e. The number of fused-ring (bicyclic) bond motifs is 5. The van der Waals surface area contributed by atoms with Crippen LogP contribution >= 0.6 is 0 Å². The van der Waals surface area contributed by atoms with Crippen LogP contribution in [-0.2, 0) is 35.7 Å². The number of allylic oxidation sites excluding steroid dienone is 2. The van der Waals surface area contributed by atoms with Gasteiger partial charge in [-0.3, -0.25) is 9.78 Å². The number of ketones is 1. The summed E-state index contributed by atoms with van der Waals surface area (Å²) in [6, 6.07) is 19.1. The molecule has 1 heterocycles. The van der Waals surface area contributed by atoms with E-state index < -0.39 is 0 Å². The van der Waals surface area contributed by atoms with Gasteiger partial charge in [-0.1, -0.05) is 115 Å². The first-order chi connectivity index (χ1) is 20.7. The maximum atomic E-state index is 11.7. The Balaban J connectivity index is 0.000000297. The molecule has 0 atom stereocenters. The summed E-state index contributed by atoms with van der Waals surface area (Å²) in [6.45, 7) is 24.3. The molecule has 3 aromatic carbocycles. The minimum Gasteiger partial charge on any atom is -0.512 e. The van der Waals surface area contributed by atoms with Gasteiger partial charge in [0.1, 0.15) is 0 Å². The number of carbonyl (C=O) groups excluding carboxylic acids is 1. The SMILES string of the molecule is CCC(CC)C(=O)/C=C(\O)C(CC)CC.Cc1ccc2c(C)c3c([c-]c2c1)-c1nc2ccccc2c(C)c1C(C)(C)C3(C)C.[Ir]. The number of benzene rings is 3. The third kappa shape index (κ3) is 6.56. The van der Waals surface area contributed by atoms with Crippen LogP contribution in [0, 0.1) is 38.7 Å². The van der Waals surface area contributed by atoms with Crippen LogP contribution in [0.5, 0.6) is 0 Å². The van der Waals surface area contributed by atoms with Crippen molar-refractivity contribution in [2.45, 2.75) is 113 Å². The van der Waals surface area contributed by atoms with Gasteiger partial charge < -0.3 is 5.11 Å². The molecule has 4 heteroatoms. The number of aromatic nitrogens is 1. The number of para-hydroxylation sites is 1. The molecule has 0 amide bonds. The Kier molecular flexibility index (Phi) is 11.7. The molecule has 5 rings (SSSR count). The van der Waals surface area contributed by atoms with Gasteiger partial charge in [0.2, 0.25) is 0 Å². The second-order valence-electron chi connectivity index (χ2n) is 13.8. The van der Waals surface area contributed by atoms with Crippen molar-refractivity contribution in [1.82, 2.24) is 4.98 Å². The molecule has 1 aromatic heterocycles. The van der Waals surface area contributed by atoms with E-state index in [0.717, 1.165) is 36.9 Å². The summed E-state index contributed by atoms with van der Waals surface area (Å²) in [5.41, 5.74) is 10.0. The molecule has 0 bridgehead atoms. The molecule has 3 nitrogen and oxygen atoms in total. The summed E-state index contributed by atoms with van der Waals surface area (Å²) < 4.78 is 0. The zero-order chi connectivity index (χ0) is 32.6. The monoisotopic (exact) mass is 783 g/mol. The normalized spacial score (nSPS) is 14.9. The van der Waals surface area contributed by atoms with Crippen molar-refractivity contribution >= 4 is 27.5 Å². The third-order valence-corrected chi connectivity index (χ3v) is 10.7. The van der Waals surface area contributed by atoms with Crippen molar-refractivity contribution in [1.29, 1.82) is 0 Å². The number of nitrogens with zero attached hydrogens (tertiary/aromatic N) is 1. The molecule has 0 saturated heterocycles. The van der Waals surface area contributed by atoms with Gasteiger partial charge in [-0.2, -0.15) is 0 Å². The maximum absolute atomic E-state index is 11.7. The van der Waals surface area contributed by atoms with Crippen LogP contribution in [0.2, 0.25) is 0 Å². The minimum atomic E-state index is -0.0482. The van der Waals surface area contributed by atoms with E-state index in [-0.39, 0.29) is 54.3 Å². The van der Waals surface area contributed by atoms with Crippen molar-refractivity contribution in [3.63, 3.8) is 0 Å². The second kappa shape index (κ2) is 14.3. The molecule has 0 saturated carbocycles. The van der Waals surface area contributed by atoms with Gasteiger partial charge in [0, 0.05) is 49.1 Å². The number of aryl methyl sites for hydroxylation is 3. The Morgan fingerprint density at radius 1 is 0.822 bits per heavy atom. The van der Waals surface area contributed by atoms with Crippen molar-refractivity contribution in [2.75, 3.05) is 0 Å². The standard InChI is InChI=1S/C28H28N.C13H24O2.Ir/c1-16-12-13-20-17(2)24-22(15-19(20)14-16)26-25(28(6,7)27(24,4)5)18(3)21-10-8-9-11-23(21)29-26;1-5-10(6-2)12(14)9-13(15)11(7-3)8-4;/h8-14H,1-7H3;9-11,14H,5-8H2,1-4H3;/q-1;;/b;12-9-;. The number of aliphatic hydroxyl groups is 1. The summed E-state index contributed by atoms with van der Waals surface area (Å²) in [5, 5.41) is 13.5. The number of carbonyl (C=O) groups is 1. The molecular formula is C41H52IrNO2-. The van der Waals surface area contributed by atoms with Gasteiger partial charge in [-0.25, -0.2) is 0 Å². The van der Waals surface area contributed by atoms with Crippen LogP contribution in [0.25, 0.3) is 32.9 Å². The number of rotatable bonds is 7. The van der Waals surface area contributed by atoms with E-state index in [0.29, 0.717) is 0 Å². The molecule has 1 aliphatic carbocycles. The number of pyridine rings is 1. The van der Waals surface area contributed by atoms with Crippen LogP contribution in [0.4, 0.5) is 0 Å². The Morgan fingerprint density at radius 3 is 1.98 bits per heavy atom. The molecule has 0 spiro atoms. The summed E-state index contributed by atoms with van der Waals surface area (Å²) in [7, 11) is 0. The van der Waals surface area contributed by atoms with Gasteiger partial charge in [0.05, 0.1) is 11.3 Å². The summed E-state index contributed by atoms with van der Waals surface area (Å²) in [4.78, 5) is 16.9. The molecule has 1 N–H and O–H groups in total. The topological polar surface area (TPSA) is 50.2 Å². The Morgan fingerprint density at radius 2 is 1.38 bits per heavy atom. The first-order valence-electron chi connectivity index (χ1n) is 16.6. The van der Waals surface area contributed by atoms with Crippen LogP contribution in [0.15, 0.2) is 54.3 Å². The van der Waals surface area contributed by atoms with Gasteiger partial charge in [-0.05, 0) is 67.6 Å². The average Bonchev–Trinajstić information content (AvgIpc) is 2.97. The van der Waals surface area contributed by atoms with E-state index in [1.165, 1.54) is 55.6 Å². The van der Waals surface area contributed by atoms with Crippen molar-refractivity contribution in [3.8, 4) is 11.3 Å². The third-order valence-electron chi connectivity index (χ3n) is 10.7. The summed E-state index contributed by atoms with van der Waals surface area (Å²) >= 11 is 0. The van der Waals surface area contributed by atoms with Crippen molar-refractivity contribution in [2.24, 2.45) is 11.8 Å². The van der Waals surface area contributed by atoms with Gasteiger partial charge in [0.25, 0.3) is 0 Å². The molecule has 0 unspecified atom stereocenters. The van der Waals surface area contributed by atoms with E-state index in [4.69, 9.17) is 4.98 Å². The predicted octanol–water partition coefficient (Wildman–Crippen LogP) is 11.2. The Bertz CT molecular complexity index is 1720. The van der Waals surface area contributed by atoms with E-state index in [2.05, 4.69) is 97.0 Å². The molecule has 4 aromatic rings. The number of aliphatic hydroxyl groups excluding tert-OH is 1. The molecule has 45 heavy (non-hydrogen) atoms. The fourth-order valence-corrected chi connectivity index (χ4v) is 7.29. The molecule has 1 aliphatic rings. The fraction of sp³-hybridized carbons (Fsp3) is 0.463. The van der Waals surface area contributed by atoms with Gasteiger partial charge >= 0.3 is 0 Å². The maximum Gasteiger partial charge on any atom is 0.162 e. The van der Waals surface area contributed by atoms with Crippen LogP contribution in [-0.4, -0.2) is 15.9 Å². The van der Waals surface area contributed by atoms with Crippen LogP contribution in [0.1, 0.15) is 109 Å². The van der Waals surface area contributed by atoms with Crippen molar-refractivity contribution < 1.29 is 30.0 Å². The number of hydrogen-bond donors (Lipinski definition) is 1. The molecule has 0 fully saturated rings. The van der Waals surface area contributed by atoms with Crippen molar-refractivity contribution in [3.05, 3.63) is 88.2 Å². The number of hydrogen-bond acceptors (Lipinski definition) is 3. The van der Waals surface area contributed by atoms with E-state index in [1.807, 2.05) is 27.7 Å². The predicted molar refractivity (Wildman–Crippen MR) is 188 cm³/mol. The Hall–Kier alpha value is -2.81. The first-order valence-corrected chi connectivity index (χ1v) is 16.6. The molecule has 243 valence electrons. The molecular weight excluding hydrogens is 731 g/mol. The minimum absolute atomic E-state index is 0. The molecule has 0 aliphatic heterocycles. The summed E-state index contributed by atoms with van der Waals surface area (Å²) in [6.07, 6.45) is 4.91. The Labute approximate surface area is 285 Å². The zero-order valence-electron chi connectivity index (χ0n) is 29.2. The molecule has 1 radical (unpaired) electrons. The first kappa shape index (κ1) is 36.7. The van der Waals surface area contributed by atoms with Crippen LogP contribution < -0.4 is 0 Å². The van der Waals surface area contributed by atoms with E-state index in [9.17, 15) is 9.90 Å². The van der Waals surface area contributed by atoms with E-state index >= 15 is 0 Å². The quantitative estimate of drug-likeness (QED) is 0.115. The van der Waals surface area contributed by atoms with Gasteiger partial charge in [-0.15, -0.1) is 23.1 Å². The zero-order valence-corrected chi connectivity index (χ0v) is 31.6. The fourth-order valence-electron chi connectivity index (χ4n) is 7.29. The second-order valence-corrected chi connectivity index (χ2v) is 13.8. The average molecular weight is 783 g/mol. The summed E-state index contributed by atoms with van der Waals surface area (Å²) in [5.74, 6) is 0.547. The van der Waals surface area contributed by atoms with E-state index in [1.54, 1.807) is 0 Å². The van der Waals surface area contributed by atoms with Gasteiger partial charge in [0.15, 0.2) is 5.78 Å². The largest absolute Gasteiger partial charge is 0.512 e.